The molecule has 0 saturated carbocycles. The third kappa shape index (κ3) is 2.57. The first-order valence-corrected chi connectivity index (χ1v) is 7.24. The summed E-state index contributed by atoms with van der Waals surface area (Å²) < 4.78 is 5.58. The van der Waals surface area contributed by atoms with Gasteiger partial charge in [-0.05, 0) is 12.5 Å². The van der Waals surface area contributed by atoms with E-state index in [0.717, 1.165) is 36.2 Å². The van der Waals surface area contributed by atoms with E-state index in [1.54, 1.807) is 6.20 Å². The Balaban J connectivity index is 2.05. The number of ether oxygens (including phenoxy) is 1. The zero-order chi connectivity index (χ0) is 14.9. The van der Waals surface area contributed by atoms with Gasteiger partial charge < -0.3 is 10.1 Å². The maximum atomic E-state index is 9.38. The third-order valence-corrected chi connectivity index (χ3v) is 4.18. The molecule has 1 saturated heterocycles. The maximum Gasteiger partial charge on any atom is 0.103 e. The summed E-state index contributed by atoms with van der Waals surface area (Å²) in [6.45, 7) is 5.88. The number of hydrogen-bond acceptors (Lipinski definition) is 4. The standard InChI is InChI=1S/C17H19N3O/c1-17(2)11-21-8-7-15(17)20-16-12(9-18)10-19-14-6-4-3-5-13(14)16/h3-6,10,15H,7-8,11H2,1-2H3,(H,19,20)/t15-/m1/s1. The molecule has 0 unspecified atom stereocenters. The Kier molecular flexibility index (Phi) is 3.52. The monoisotopic (exact) mass is 281 g/mol. The second-order valence-electron chi connectivity index (χ2n) is 6.20. The number of nitrogens with one attached hydrogen (secondary N) is 1. The first kappa shape index (κ1) is 13.8. The number of benzene rings is 1. The summed E-state index contributed by atoms with van der Waals surface area (Å²) >= 11 is 0. The third-order valence-electron chi connectivity index (χ3n) is 4.18. The van der Waals surface area contributed by atoms with Crippen molar-refractivity contribution in [3.05, 3.63) is 36.0 Å². The molecule has 0 spiro atoms. The fraction of sp³-hybridized carbons (Fsp3) is 0.412. The van der Waals surface area contributed by atoms with E-state index >= 15 is 0 Å². The van der Waals surface area contributed by atoms with Gasteiger partial charge in [0, 0.05) is 29.6 Å². The van der Waals surface area contributed by atoms with Crippen LogP contribution in [0.5, 0.6) is 0 Å². The molecule has 0 bridgehead atoms. The van der Waals surface area contributed by atoms with Gasteiger partial charge in [0.15, 0.2) is 0 Å². The summed E-state index contributed by atoms with van der Waals surface area (Å²) in [5, 5.41) is 14.0. The number of aromatic nitrogens is 1. The number of nitrogens with zero attached hydrogens (tertiary/aromatic N) is 2. The molecule has 108 valence electrons. The van der Waals surface area contributed by atoms with Gasteiger partial charge in [-0.25, -0.2) is 0 Å². The molecule has 1 fully saturated rings. The molecule has 0 aliphatic carbocycles. The number of pyridine rings is 1. The van der Waals surface area contributed by atoms with Crippen LogP contribution in [-0.2, 0) is 4.74 Å². The summed E-state index contributed by atoms with van der Waals surface area (Å²) in [6.07, 6.45) is 2.59. The van der Waals surface area contributed by atoms with Gasteiger partial charge in [-0.1, -0.05) is 32.0 Å². The average molecular weight is 281 g/mol. The van der Waals surface area contributed by atoms with Gasteiger partial charge in [-0.15, -0.1) is 0 Å². The predicted octanol–water partition coefficient (Wildman–Crippen LogP) is 3.33. The first-order valence-electron chi connectivity index (χ1n) is 7.24. The van der Waals surface area contributed by atoms with Gasteiger partial charge in [0.2, 0.25) is 0 Å². The van der Waals surface area contributed by atoms with Crippen molar-refractivity contribution in [1.29, 1.82) is 5.26 Å². The minimum absolute atomic E-state index is 0.0371. The van der Waals surface area contributed by atoms with Crippen LogP contribution in [0.4, 0.5) is 5.69 Å². The summed E-state index contributed by atoms with van der Waals surface area (Å²) in [5.41, 5.74) is 2.43. The van der Waals surface area contributed by atoms with E-state index in [9.17, 15) is 5.26 Å². The van der Waals surface area contributed by atoms with Crippen LogP contribution in [0.3, 0.4) is 0 Å². The molecule has 1 N–H and O–H groups in total. The second kappa shape index (κ2) is 5.34. The molecule has 4 heteroatoms. The van der Waals surface area contributed by atoms with Gasteiger partial charge in [0.05, 0.1) is 23.4 Å². The minimum atomic E-state index is 0.0371. The van der Waals surface area contributed by atoms with Crippen LogP contribution >= 0.6 is 0 Å². The molecule has 4 nitrogen and oxygen atoms in total. The smallest absolute Gasteiger partial charge is 0.103 e. The number of fused-ring (bicyclic) bond motifs is 1. The van der Waals surface area contributed by atoms with E-state index in [4.69, 9.17) is 4.74 Å². The Morgan fingerprint density at radius 1 is 1.38 bits per heavy atom. The largest absolute Gasteiger partial charge is 0.381 e. The van der Waals surface area contributed by atoms with Crippen LogP contribution in [0.25, 0.3) is 10.9 Å². The SMILES string of the molecule is CC1(C)COCC[C@H]1Nc1c(C#N)cnc2ccccc12. The molecule has 2 heterocycles. The first-order chi connectivity index (χ1) is 10.1. The summed E-state index contributed by atoms with van der Waals surface area (Å²) in [4.78, 5) is 4.35. The molecule has 1 aromatic carbocycles. The quantitative estimate of drug-likeness (QED) is 0.917. The van der Waals surface area contributed by atoms with E-state index in [1.807, 2.05) is 24.3 Å². The Morgan fingerprint density at radius 3 is 2.95 bits per heavy atom. The van der Waals surface area contributed by atoms with Gasteiger partial charge in [-0.2, -0.15) is 5.26 Å². The van der Waals surface area contributed by atoms with Crippen LogP contribution < -0.4 is 5.32 Å². The fourth-order valence-corrected chi connectivity index (χ4v) is 2.85. The zero-order valence-corrected chi connectivity index (χ0v) is 12.4. The van der Waals surface area contributed by atoms with Crippen molar-refractivity contribution in [2.75, 3.05) is 18.5 Å². The number of para-hydroxylation sites is 1. The van der Waals surface area contributed by atoms with Crippen LogP contribution in [-0.4, -0.2) is 24.2 Å². The van der Waals surface area contributed by atoms with Crippen LogP contribution in [0.2, 0.25) is 0 Å². The molecule has 1 aliphatic heterocycles. The Hall–Kier alpha value is -2.12. The highest BCUT2D eigenvalue weighted by atomic mass is 16.5. The lowest BCUT2D eigenvalue weighted by Gasteiger charge is -2.39. The van der Waals surface area contributed by atoms with Crippen molar-refractivity contribution in [1.82, 2.24) is 4.98 Å². The maximum absolute atomic E-state index is 9.38. The summed E-state index contributed by atoms with van der Waals surface area (Å²) in [6, 6.07) is 10.5. The van der Waals surface area contributed by atoms with Gasteiger partial charge >= 0.3 is 0 Å². The van der Waals surface area contributed by atoms with Crippen LogP contribution in [0.1, 0.15) is 25.8 Å². The highest BCUT2D eigenvalue weighted by Crippen LogP contribution is 2.33. The lowest BCUT2D eigenvalue weighted by atomic mass is 9.81. The zero-order valence-electron chi connectivity index (χ0n) is 12.4. The Bertz CT molecular complexity index is 703. The van der Waals surface area contributed by atoms with Gasteiger partial charge in [0.25, 0.3) is 0 Å². The molecule has 0 radical (unpaired) electrons. The van der Waals surface area contributed by atoms with E-state index < -0.39 is 0 Å². The second-order valence-corrected chi connectivity index (χ2v) is 6.20. The van der Waals surface area contributed by atoms with Gasteiger partial charge in [0.1, 0.15) is 6.07 Å². The predicted molar refractivity (Wildman–Crippen MR) is 83.1 cm³/mol. The number of hydrogen-bond donors (Lipinski definition) is 1. The molecule has 2 aromatic rings. The van der Waals surface area contributed by atoms with E-state index in [1.165, 1.54) is 0 Å². The Morgan fingerprint density at radius 2 is 2.19 bits per heavy atom. The molecular formula is C17H19N3O. The summed E-state index contributed by atoms with van der Waals surface area (Å²) in [7, 11) is 0. The molecule has 1 atom stereocenters. The highest BCUT2D eigenvalue weighted by Gasteiger charge is 2.33. The fourth-order valence-electron chi connectivity index (χ4n) is 2.85. The van der Waals surface area contributed by atoms with Crippen LogP contribution in [0, 0.1) is 16.7 Å². The molecule has 3 rings (SSSR count). The Labute approximate surface area is 124 Å². The molecule has 1 aromatic heterocycles. The topological polar surface area (TPSA) is 57.9 Å². The molecule has 0 amide bonds. The van der Waals surface area contributed by atoms with E-state index in [2.05, 4.69) is 30.2 Å². The van der Waals surface area contributed by atoms with E-state index in [0.29, 0.717) is 5.56 Å². The number of nitriles is 1. The lowest BCUT2D eigenvalue weighted by Crippen LogP contribution is -2.44. The van der Waals surface area contributed by atoms with E-state index in [-0.39, 0.29) is 11.5 Å². The lowest BCUT2D eigenvalue weighted by molar-refractivity contribution is 0.00350. The average Bonchev–Trinajstić information content (AvgIpc) is 2.49. The number of rotatable bonds is 2. The van der Waals surface area contributed by atoms with Gasteiger partial charge in [-0.3, -0.25) is 4.98 Å². The van der Waals surface area contributed by atoms with Crippen molar-refractivity contribution in [3.63, 3.8) is 0 Å². The van der Waals surface area contributed by atoms with Crippen LogP contribution in [0.15, 0.2) is 30.5 Å². The molecular weight excluding hydrogens is 262 g/mol. The van der Waals surface area contributed by atoms with Crippen molar-refractivity contribution in [2.24, 2.45) is 5.41 Å². The highest BCUT2D eigenvalue weighted by molar-refractivity contribution is 5.94. The van der Waals surface area contributed by atoms with Crippen molar-refractivity contribution >= 4 is 16.6 Å². The van der Waals surface area contributed by atoms with Crippen molar-refractivity contribution in [3.8, 4) is 6.07 Å². The van der Waals surface area contributed by atoms with Crippen molar-refractivity contribution in [2.45, 2.75) is 26.3 Å². The summed E-state index contributed by atoms with van der Waals surface area (Å²) in [5.74, 6) is 0. The number of anilines is 1. The normalized spacial score (nSPS) is 20.9. The van der Waals surface area contributed by atoms with Crippen molar-refractivity contribution < 1.29 is 4.74 Å². The minimum Gasteiger partial charge on any atom is -0.381 e. The molecule has 21 heavy (non-hydrogen) atoms. The molecule has 1 aliphatic rings.